The average Bonchev–Trinajstić information content (AvgIpc) is 3.48. The van der Waals surface area contributed by atoms with Gasteiger partial charge >= 0.3 is 12.1 Å². The molecule has 162 valence electrons. The average molecular weight is 420 g/mol. The number of benzene rings is 2. The second-order valence-electron chi connectivity index (χ2n) is 8.56. The van der Waals surface area contributed by atoms with Crippen molar-refractivity contribution in [3.05, 3.63) is 53.1 Å². The standard InChI is InChI=1S/C24H27F3O3/c1-14(2)10-21(23(28)29)18-11-15(3)22(30-13-16-4-5-16)20(12-18)17-6-8-19(9-7-17)24(25,26)27/h6-9,11-12,14,16,21H,4-5,10,13H2,1-3H3,(H,28,29). The smallest absolute Gasteiger partial charge is 0.416 e. The molecule has 6 heteroatoms. The first-order valence-corrected chi connectivity index (χ1v) is 10.2. The number of rotatable bonds is 8. The van der Waals surface area contributed by atoms with Crippen molar-refractivity contribution < 1.29 is 27.8 Å². The second-order valence-corrected chi connectivity index (χ2v) is 8.56. The van der Waals surface area contributed by atoms with Crippen LogP contribution in [0, 0.1) is 18.8 Å². The third-order valence-electron chi connectivity index (χ3n) is 5.39. The van der Waals surface area contributed by atoms with Crippen LogP contribution in [0.15, 0.2) is 36.4 Å². The van der Waals surface area contributed by atoms with Gasteiger partial charge in [-0.3, -0.25) is 4.79 Å². The monoisotopic (exact) mass is 420 g/mol. The Bertz CT molecular complexity index is 897. The van der Waals surface area contributed by atoms with Crippen molar-refractivity contribution in [3.63, 3.8) is 0 Å². The second kappa shape index (κ2) is 8.70. The van der Waals surface area contributed by atoms with Gasteiger partial charge in [0.15, 0.2) is 0 Å². The van der Waals surface area contributed by atoms with Crippen molar-refractivity contribution in [2.75, 3.05) is 6.61 Å². The molecule has 1 saturated carbocycles. The van der Waals surface area contributed by atoms with Crippen LogP contribution in [-0.2, 0) is 11.0 Å². The molecule has 2 aromatic rings. The van der Waals surface area contributed by atoms with Crippen LogP contribution in [0.5, 0.6) is 5.75 Å². The summed E-state index contributed by atoms with van der Waals surface area (Å²) in [4.78, 5) is 11.9. The van der Waals surface area contributed by atoms with Gasteiger partial charge in [-0.05, 0) is 72.9 Å². The molecule has 0 aromatic heterocycles. The number of carboxylic acid groups (broad SMARTS) is 1. The van der Waals surface area contributed by atoms with Gasteiger partial charge in [0.25, 0.3) is 0 Å². The zero-order chi connectivity index (χ0) is 22.1. The molecule has 0 aliphatic heterocycles. The summed E-state index contributed by atoms with van der Waals surface area (Å²) in [6.07, 6.45) is -1.71. The topological polar surface area (TPSA) is 46.5 Å². The van der Waals surface area contributed by atoms with Crippen LogP contribution in [0.25, 0.3) is 11.1 Å². The predicted molar refractivity (Wildman–Crippen MR) is 110 cm³/mol. The number of ether oxygens (including phenoxy) is 1. The van der Waals surface area contributed by atoms with Crippen molar-refractivity contribution >= 4 is 5.97 Å². The summed E-state index contributed by atoms with van der Waals surface area (Å²) in [5, 5.41) is 9.75. The predicted octanol–water partition coefficient (Wildman–Crippen LogP) is 6.68. The molecule has 0 saturated heterocycles. The van der Waals surface area contributed by atoms with Gasteiger partial charge in [-0.15, -0.1) is 0 Å². The minimum absolute atomic E-state index is 0.187. The van der Waals surface area contributed by atoms with Crippen molar-refractivity contribution in [3.8, 4) is 16.9 Å². The van der Waals surface area contributed by atoms with Crippen LogP contribution in [0.1, 0.15) is 55.7 Å². The van der Waals surface area contributed by atoms with Crippen LogP contribution in [0.4, 0.5) is 13.2 Å². The highest BCUT2D eigenvalue weighted by molar-refractivity contribution is 5.79. The normalized spacial score (nSPS) is 15.3. The third kappa shape index (κ3) is 5.35. The number of alkyl halides is 3. The molecule has 1 atom stereocenters. The zero-order valence-electron chi connectivity index (χ0n) is 17.4. The Balaban J connectivity index is 2.06. The number of carboxylic acids is 1. The van der Waals surface area contributed by atoms with Gasteiger partial charge in [0, 0.05) is 5.56 Å². The molecule has 3 rings (SSSR count). The van der Waals surface area contributed by atoms with Gasteiger partial charge < -0.3 is 9.84 Å². The number of aryl methyl sites for hydroxylation is 1. The molecule has 0 bridgehead atoms. The summed E-state index contributed by atoms with van der Waals surface area (Å²) in [5.41, 5.74) is 1.92. The molecule has 0 amide bonds. The summed E-state index contributed by atoms with van der Waals surface area (Å²) in [5.74, 6) is -0.287. The largest absolute Gasteiger partial charge is 0.492 e. The van der Waals surface area contributed by atoms with Crippen molar-refractivity contribution in [1.82, 2.24) is 0 Å². The van der Waals surface area contributed by atoms with E-state index in [1.54, 1.807) is 6.07 Å². The Labute approximate surface area is 174 Å². The molecule has 1 fully saturated rings. The maximum Gasteiger partial charge on any atom is 0.416 e. The Hall–Kier alpha value is -2.50. The number of hydrogen-bond donors (Lipinski definition) is 1. The van der Waals surface area contributed by atoms with Gasteiger partial charge in [0.2, 0.25) is 0 Å². The molecule has 0 radical (unpaired) electrons. The molecule has 30 heavy (non-hydrogen) atoms. The number of hydrogen-bond acceptors (Lipinski definition) is 2. The first-order chi connectivity index (χ1) is 14.1. The molecule has 1 aliphatic rings. The van der Waals surface area contributed by atoms with E-state index in [0.717, 1.165) is 30.5 Å². The van der Waals surface area contributed by atoms with Crippen LogP contribution in [-0.4, -0.2) is 17.7 Å². The molecule has 2 aromatic carbocycles. The Kier molecular flexibility index (Phi) is 6.44. The minimum atomic E-state index is -4.41. The highest BCUT2D eigenvalue weighted by Crippen LogP contribution is 2.40. The molecule has 1 N–H and O–H groups in total. The van der Waals surface area contributed by atoms with Crippen molar-refractivity contribution in [2.24, 2.45) is 11.8 Å². The van der Waals surface area contributed by atoms with E-state index in [1.807, 2.05) is 26.8 Å². The van der Waals surface area contributed by atoms with E-state index in [2.05, 4.69) is 0 Å². The maximum absolute atomic E-state index is 13.0. The SMILES string of the molecule is Cc1cc(C(CC(C)C)C(=O)O)cc(-c2ccc(C(F)(F)F)cc2)c1OCC1CC1. The highest BCUT2D eigenvalue weighted by Gasteiger charge is 2.30. The number of halogens is 3. The Morgan fingerprint density at radius 2 is 1.80 bits per heavy atom. The summed E-state index contributed by atoms with van der Waals surface area (Å²) in [7, 11) is 0. The first kappa shape index (κ1) is 22.2. The molecule has 0 heterocycles. The molecule has 3 nitrogen and oxygen atoms in total. The fourth-order valence-electron chi connectivity index (χ4n) is 3.58. The maximum atomic E-state index is 13.0. The van der Waals surface area contributed by atoms with E-state index >= 15 is 0 Å². The molecular weight excluding hydrogens is 393 g/mol. The number of aliphatic carboxylic acids is 1. The molecule has 0 spiro atoms. The van der Waals surface area contributed by atoms with Crippen LogP contribution in [0.3, 0.4) is 0 Å². The number of carbonyl (C=O) groups is 1. The van der Waals surface area contributed by atoms with Crippen LogP contribution < -0.4 is 4.74 Å². The Morgan fingerprint density at radius 3 is 2.30 bits per heavy atom. The lowest BCUT2D eigenvalue weighted by Crippen LogP contribution is -2.15. The quantitative estimate of drug-likeness (QED) is 0.518. The van der Waals surface area contributed by atoms with Crippen LogP contribution in [0.2, 0.25) is 0 Å². The lowest BCUT2D eigenvalue weighted by atomic mass is 9.87. The fraction of sp³-hybridized carbons (Fsp3) is 0.458. The summed E-state index contributed by atoms with van der Waals surface area (Å²) in [6, 6.07) is 8.53. The van der Waals surface area contributed by atoms with Gasteiger partial charge in [-0.1, -0.05) is 32.0 Å². The lowest BCUT2D eigenvalue weighted by molar-refractivity contribution is -0.139. The van der Waals surface area contributed by atoms with Gasteiger partial charge in [-0.2, -0.15) is 13.2 Å². The first-order valence-electron chi connectivity index (χ1n) is 10.2. The summed E-state index contributed by atoms with van der Waals surface area (Å²) < 4.78 is 45.0. The lowest BCUT2D eigenvalue weighted by Gasteiger charge is -2.21. The van der Waals surface area contributed by atoms with E-state index in [4.69, 9.17) is 4.74 Å². The van der Waals surface area contributed by atoms with E-state index in [-0.39, 0.29) is 5.92 Å². The van der Waals surface area contributed by atoms with Crippen LogP contribution >= 0.6 is 0 Å². The van der Waals surface area contributed by atoms with Gasteiger partial charge in [-0.25, -0.2) is 0 Å². The highest BCUT2D eigenvalue weighted by atomic mass is 19.4. The van der Waals surface area contributed by atoms with Crippen molar-refractivity contribution in [1.29, 1.82) is 0 Å². The third-order valence-corrected chi connectivity index (χ3v) is 5.39. The zero-order valence-corrected chi connectivity index (χ0v) is 17.4. The van der Waals surface area contributed by atoms with Crippen molar-refractivity contribution in [2.45, 2.75) is 52.1 Å². The van der Waals surface area contributed by atoms with E-state index < -0.39 is 23.6 Å². The van der Waals surface area contributed by atoms with E-state index in [0.29, 0.717) is 41.4 Å². The molecular formula is C24H27F3O3. The van der Waals surface area contributed by atoms with Gasteiger partial charge in [0.05, 0.1) is 18.1 Å². The molecule has 1 aliphatic carbocycles. The van der Waals surface area contributed by atoms with E-state index in [9.17, 15) is 23.1 Å². The fourth-order valence-corrected chi connectivity index (χ4v) is 3.58. The van der Waals surface area contributed by atoms with E-state index in [1.165, 1.54) is 12.1 Å². The summed E-state index contributed by atoms with van der Waals surface area (Å²) >= 11 is 0. The van der Waals surface area contributed by atoms with Gasteiger partial charge in [0.1, 0.15) is 5.75 Å². The summed E-state index contributed by atoms with van der Waals surface area (Å²) in [6.45, 7) is 6.34. The Morgan fingerprint density at radius 1 is 1.17 bits per heavy atom. The minimum Gasteiger partial charge on any atom is -0.492 e. The molecule has 1 unspecified atom stereocenters.